The first-order valence-corrected chi connectivity index (χ1v) is 6.04. The fourth-order valence-corrected chi connectivity index (χ4v) is 1.57. The molecule has 0 aliphatic carbocycles. The second-order valence-electron chi connectivity index (χ2n) is 4.54. The molecule has 2 N–H and O–H groups in total. The van der Waals surface area contributed by atoms with Crippen LogP contribution in [-0.2, 0) is 4.74 Å². The average Bonchev–Trinajstić information content (AvgIpc) is 2.28. The Hall–Kier alpha value is -1.20. The molecule has 0 aromatic heterocycles. The van der Waals surface area contributed by atoms with Gasteiger partial charge in [-0.3, -0.25) is 0 Å². The summed E-state index contributed by atoms with van der Waals surface area (Å²) in [6.07, 6.45) is 0.677. The van der Waals surface area contributed by atoms with Gasteiger partial charge >= 0.3 is 0 Å². The molecular formula is C13H18FNO2S. The number of halogens is 1. The first-order valence-electron chi connectivity index (χ1n) is 5.63. The van der Waals surface area contributed by atoms with Crippen LogP contribution in [0.3, 0.4) is 0 Å². The molecule has 0 heterocycles. The van der Waals surface area contributed by atoms with Crippen molar-refractivity contribution >= 4 is 17.2 Å². The van der Waals surface area contributed by atoms with Crippen LogP contribution in [0, 0.1) is 5.82 Å². The van der Waals surface area contributed by atoms with Crippen molar-refractivity contribution in [3.8, 4) is 5.75 Å². The number of methoxy groups -OCH3 is 1. The van der Waals surface area contributed by atoms with Crippen LogP contribution in [0.2, 0.25) is 0 Å². The van der Waals surface area contributed by atoms with Gasteiger partial charge in [-0.05, 0) is 26.0 Å². The Kier molecular flexibility index (Phi) is 5.04. The molecule has 0 saturated heterocycles. The lowest BCUT2D eigenvalue weighted by molar-refractivity contribution is 0.00542. The highest BCUT2D eigenvalue weighted by Gasteiger charge is 2.17. The van der Waals surface area contributed by atoms with Gasteiger partial charge in [-0.15, -0.1) is 0 Å². The lowest BCUT2D eigenvalue weighted by atomic mass is 10.1. The van der Waals surface area contributed by atoms with Crippen LogP contribution >= 0.6 is 12.2 Å². The van der Waals surface area contributed by atoms with E-state index in [-0.39, 0.29) is 16.2 Å². The van der Waals surface area contributed by atoms with Gasteiger partial charge in [0.1, 0.15) is 16.6 Å². The largest absolute Gasteiger partial charge is 0.493 e. The first-order chi connectivity index (χ1) is 8.37. The van der Waals surface area contributed by atoms with Crippen LogP contribution in [0.4, 0.5) is 4.39 Å². The lowest BCUT2D eigenvalue weighted by Gasteiger charge is -2.23. The molecule has 0 amide bonds. The molecule has 0 aliphatic heterocycles. The van der Waals surface area contributed by atoms with Crippen LogP contribution in [-0.4, -0.2) is 24.3 Å². The molecule has 0 bridgehead atoms. The maximum absolute atomic E-state index is 13.6. The molecule has 0 saturated carbocycles. The van der Waals surface area contributed by atoms with Crippen LogP contribution in [0.1, 0.15) is 25.8 Å². The van der Waals surface area contributed by atoms with Gasteiger partial charge in [-0.1, -0.05) is 18.3 Å². The van der Waals surface area contributed by atoms with E-state index < -0.39 is 5.82 Å². The third kappa shape index (κ3) is 3.92. The van der Waals surface area contributed by atoms with Crippen molar-refractivity contribution in [3.63, 3.8) is 0 Å². The quantitative estimate of drug-likeness (QED) is 0.808. The summed E-state index contributed by atoms with van der Waals surface area (Å²) in [5, 5.41) is 0. The van der Waals surface area contributed by atoms with E-state index in [9.17, 15) is 4.39 Å². The van der Waals surface area contributed by atoms with Crippen LogP contribution in [0.25, 0.3) is 0 Å². The molecule has 0 atom stereocenters. The van der Waals surface area contributed by atoms with Crippen molar-refractivity contribution in [2.45, 2.75) is 25.9 Å². The predicted molar refractivity (Wildman–Crippen MR) is 73.5 cm³/mol. The molecular weight excluding hydrogens is 253 g/mol. The van der Waals surface area contributed by atoms with Crippen molar-refractivity contribution in [3.05, 3.63) is 29.6 Å². The minimum absolute atomic E-state index is 0.00546. The molecule has 100 valence electrons. The van der Waals surface area contributed by atoms with Gasteiger partial charge in [0.2, 0.25) is 0 Å². The molecule has 0 aliphatic rings. The van der Waals surface area contributed by atoms with Gasteiger partial charge in [0.15, 0.2) is 0 Å². The highest BCUT2D eigenvalue weighted by molar-refractivity contribution is 7.80. The molecule has 0 fully saturated rings. The number of hydrogen-bond donors (Lipinski definition) is 1. The maximum Gasteiger partial charge on any atom is 0.137 e. The zero-order valence-corrected chi connectivity index (χ0v) is 11.6. The average molecular weight is 271 g/mol. The monoisotopic (exact) mass is 271 g/mol. The molecule has 5 heteroatoms. The predicted octanol–water partition coefficient (Wildman–Crippen LogP) is 2.65. The van der Waals surface area contributed by atoms with E-state index in [1.165, 1.54) is 6.07 Å². The Labute approximate surface area is 112 Å². The van der Waals surface area contributed by atoms with Crippen molar-refractivity contribution in [1.82, 2.24) is 0 Å². The third-order valence-electron chi connectivity index (χ3n) is 2.74. The second-order valence-corrected chi connectivity index (χ2v) is 4.98. The van der Waals surface area contributed by atoms with Crippen molar-refractivity contribution in [2.75, 3.05) is 13.7 Å². The van der Waals surface area contributed by atoms with Gasteiger partial charge in [0.05, 0.1) is 17.8 Å². The number of thiocarbonyl (C=S) groups is 1. The van der Waals surface area contributed by atoms with Crippen LogP contribution < -0.4 is 10.5 Å². The van der Waals surface area contributed by atoms with Gasteiger partial charge in [0.25, 0.3) is 0 Å². The fraction of sp³-hybridized carbons (Fsp3) is 0.462. The number of hydrogen-bond acceptors (Lipinski definition) is 3. The standard InChI is InChI=1S/C13H18FNO2S/c1-13(2,16-3)7-8-17-10-6-4-5-9(14)11(10)12(15)18/h4-6H,7-8H2,1-3H3,(H2,15,18). The number of nitrogens with two attached hydrogens (primary N) is 1. The molecule has 1 rings (SSSR count). The van der Waals surface area contributed by atoms with E-state index in [0.717, 1.165) is 0 Å². The molecule has 1 aromatic rings. The van der Waals surface area contributed by atoms with Crippen molar-refractivity contribution < 1.29 is 13.9 Å². The summed E-state index contributed by atoms with van der Waals surface area (Å²) in [6, 6.07) is 4.52. The lowest BCUT2D eigenvalue weighted by Crippen LogP contribution is -2.25. The highest BCUT2D eigenvalue weighted by Crippen LogP contribution is 2.22. The summed E-state index contributed by atoms with van der Waals surface area (Å²) >= 11 is 4.82. The minimum atomic E-state index is -0.467. The summed E-state index contributed by atoms with van der Waals surface area (Å²) in [5.41, 5.74) is 5.36. The van der Waals surface area contributed by atoms with E-state index >= 15 is 0 Å². The molecule has 3 nitrogen and oxygen atoms in total. The molecule has 0 radical (unpaired) electrons. The summed E-state index contributed by atoms with van der Waals surface area (Å²) in [4.78, 5) is -0.00546. The van der Waals surface area contributed by atoms with Gasteiger partial charge in [-0.25, -0.2) is 4.39 Å². The second kappa shape index (κ2) is 6.11. The Balaban J connectivity index is 2.74. The van der Waals surface area contributed by atoms with Crippen molar-refractivity contribution in [1.29, 1.82) is 0 Å². The fourth-order valence-electron chi connectivity index (χ4n) is 1.37. The summed E-state index contributed by atoms with van der Waals surface area (Å²) in [5.74, 6) is -0.0968. The molecule has 0 spiro atoms. The van der Waals surface area contributed by atoms with E-state index in [1.807, 2.05) is 13.8 Å². The molecule has 0 unspecified atom stereocenters. The van der Waals surface area contributed by atoms with Crippen molar-refractivity contribution in [2.24, 2.45) is 5.73 Å². The van der Waals surface area contributed by atoms with Gasteiger partial charge < -0.3 is 15.2 Å². The number of benzene rings is 1. The van der Waals surface area contributed by atoms with Crippen LogP contribution in [0.5, 0.6) is 5.75 Å². The summed E-state index contributed by atoms with van der Waals surface area (Å²) < 4.78 is 24.4. The zero-order chi connectivity index (χ0) is 13.8. The van der Waals surface area contributed by atoms with E-state index in [2.05, 4.69) is 0 Å². The summed E-state index contributed by atoms with van der Waals surface area (Å²) in [7, 11) is 1.64. The number of rotatable bonds is 6. The Bertz CT molecular complexity index is 435. The normalized spacial score (nSPS) is 11.3. The minimum Gasteiger partial charge on any atom is -0.493 e. The van der Waals surface area contributed by atoms with Gasteiger partial charge in [0, 0.05) is 13.5 Å². The smallest absolute Gasteiger partial charge is 0.137 e. The Morgan fingerprint density at radius 3 is 2.67 bits per heavy atom. The molecule has 18 heavy (non-hydrogen) atoms. The first kappa shape index (κ1) is 14.9. The summed E-state index contributed by atoms with van der Waals surface area (Å²) in [6.45, 7) is 4.31. The SMILES string of the molecule is COC(C)(C)CCOc1cccc(F)c1C(N)=S. The van der Waals surface area contributed by atoms with E-state index in [4.69, 9.17) is 27.4 Å². The van der Waals surface area contributed by atoms with Gasteiger partial charge in [-0.2, -0.15) is 0 Å². The van der Waals surface area contributed by atoms with Crippen LogP contribution in [0.15, 0.2) is 18.2 Å². The zero-order valence-electron chi connectivity index (χ0n) is 10.8. The highest BCUT2D eigenvalue weighted by atomic mass is 32.1. The maximum atomic E-state index is 13.6. The number of ether oxygens (including phenoxy) is 2. The Morgan fingerprint density at radius 1 is 1.44 bits per heavy atom. The topological polar surface area (TPSA) is 44.5 Å². The molecule has 1 aromatic carbocycles. The van der Waals surface area contributed by atoms with E-state index in [1.54, 1.807) is 19.2 Å². The Morgan fingerprint density at radius 2 is 2.11 bits per heavy atom. The third-order valence-corrected chi connectivity index (χ3v) is 2.94. The van der Waals surface area contributed by atoms with E-state index in [0.29, 0.717) is 18.8 Å².